The fraction of sp³-hybridized carbons (Fsp3) is 0.167. The quantitative estimate of drug-likeness (QED) is 0.330. The van der Waals surface area contributed by atoms with Crippen molar-refractivity contribution in [3.8, 4) is 0 Å². The molecular weight excluding hydrogens is 232 g/mol. The Morgan fingerprint density at radius 2 is 1.60 bits per heavy atom. The summed E-state index contributed by atoms with van der Waals surface area (Å²) in [6, 6.07) is 12.0. The van der Waals surface area contributed by atoms with Gasteiger partial charge < -0.3 is 37.3 Å². The average Bonchev–Trinajstić information content (AvgIpc) is 2.83. The Labute approximate surface area is 103 Å². The van der Waals surface area contributed by atoms with Crippen LogP contribution in [0.1, 0.15) is 12.8 Å². The molecule has 0 heterocycles. The van der Waals surface area contributed by atoms with E-state index in [0.29, 0.717) is 0 Å². The zero-order valence-corrected chi connectivity index (χ0v) is 9.26. The summed E-state index contributed by atoms with van der Waals surface area (Å²) in [7, 11) is 0. The molecule has 0 amide bonds. The minimum absolute atomic E-state index is 0. The van der Waals surface area contributed by atoms with Crippen LogP contribution in [0.2, 0.25) is 0 Å². The van der Waals surface area contributed by atoms with E-state index in [1.54, 1.807) is 6.07 Å². The van der Waals surface area contributed by atoms with Gasteiger partial charge in [0.05, 0.1) is 0 Å². The molecule has 0 bridgehead atoms. The Bertz CT molecular complexity index is 177. The van der Waals surface area contributed by atoms with Gasteiger partial charge in [-0.2, -0.15) is 6.42 Å². The molecule has 0 spiro atoms. The van der Waals surface area contributed by atoms with E-state index in [4.69, 9.17) is 9.30 Å². The van der Waals surface area contributed by atoms with Gasteiger partial charge in [-0.15, -0.1) is 6.58 Å². The monoisotopic (exact) mass is 242 g/mol. The van der Waals surface area contributed by atoms with Crippen molar-refractivity contribution in [1.82, 2.24) is 0 Å². The van der Waals surface area contributed by atoms with Crippen LogP contribution in [0.15, 0.2) is 18.7 Å². The maximum atomic E-state index is 7.50. The van der Waals surface area contributed by atoms with E-state index in [0.717, 1.165) is 12.8 Å². The van der Waals surface area contributed by atoms with E-state index in [-0.39, 0.29) is 17.1 Å². The van der Waals surface area contributed by atoms with Crippen LogP contribution in [-0.2, 0) is 26.4 Å². The van der Waals surface area contributed by atoms with Gasteiger partial charge in [-0.05, 0) is 0 Å². The summed E-state index contributed by atoms with van der Waals surface area (Å²) >= 11 is 0. The first-order valence-corrected chi connectivity index (χ1v) is 3.55. The largest absolute Gasteiger partial charge is 6.00 e. The standard InChI is InChI=1S/C5H.C5H9.2CO.Fe/c1-2-4-5-3-1;1-3-5-4-2;2*1-2;/h1H;3H,1-2,4-5H2;;;/q-5;-1;;;+6. The topological polar surface area (TPSA) is 39.8 Å². The Morgan fingerprint density at radius 3 is 1.67 bits per heavy atom. The summed E-state index contributed by atoms with van der Waals surface area (Å²) in [5, 5.41) is 0. The summed E-state index contributed by atoms with van der Waals surface area (Å²) < 4.78 is 15.0. The van der Waals surface area contributed by atoms with Crippen molar-refractivity contribution in [2.75, 3.05) is 0 Å². The molecule has 2 nitrogen and oxygen atoms in total. The predicted molar refractivity (Wildman–Crippen MR) is 50.0 cm³/mol. The number of allylic oxidation sites excluding steroid dienone is 1. The second kappa shape index (κ2) is 38.1. The molecular formula is C12H10FeO2. The van der Waals surface area contributed by atoms with E-state index >= 15 is 0 Å². The molecule has 0 atom stereocenters. The molecule has 0 aromatic heterocycles. The fourth-order valence-corrected chi connectivity index (χ4v) is 0.325. The van der Waals surface area contributed by atoms with E-state index in [1.165, 1.54) is 0 Å². The van der Waals surface area contributed by atoms with E-state index < -0.39 is 0 Å². The molecule has 1 rings (SSSR count). The second-order valence-electron chi connectivity index (χ2n) is 1.61. The van der Waals surface area contributed by atoms with Gasteiger partial charge in [0.1, 0.15) is 0 Å². The number of hydrogen-bond acceptors (Lipinski definition) is 0. The van der Waals surface area contributed by atoms with Gasteiger partial charge in [0.25, 0.3) is 0 Å². The molecule has 0 aliphatic heterocycles. The summed E-state index contributed by atoms with van der Waals surface area (Å²) in [6.45, 7) is 16.1. The Balaban J connectivity index is -0.0000000580. The third kappa shape index (κ3) is 43.4. The van der Waals surface area contributed by atoms with Crippen LogP contribution in [-0.4, -0.2) is 0 Å². The molecule has 0 saturated heterocycles. The Hall–Kier alpha value is -0.911. The minimum Gasteiger partial charge on any atom is -0.999 e. The van der Waals surface area contributed by atoms with Gasteiger partial charge in [0, 0.05) is 0 Å². The molecule has 0 saturated carbocycles. The normalized spacial score (nSPS) is 5.40. The first-order valence-electron chi connectivity index (χ1n) is 3.55. The third-order valence-electron chi connectivity index (χ3n) is 0.759. The van der Waals surface area contributed by atoms with Gasteiger partial charge in [0.15, 0.2) is 0 Å². The maximum Gasteiger partial charge on any atom is 6.00 e. The van der Waals surface area contributed by atoms with Crippen molar-refractivity contribution < 1.29 is 26.4 Å². The molecule has 0 radical (unpaired) electrons. The minimum atomic E-state index is 0. The van der Waals surface area contributed by atoms with Gasteiger partial charge in [-0.3, -0.25) is 0 Å². The molecule has 0 unspecified atom stereocenters. The van der Waals surface area contributed by atoms with Crippen LogP contribution in [0.4, 0.5) is 0 Å². The summed E-state index contributed by atoms with van der Waals surface area (Å²) in [4.78, 5) is 0. The number of unbranched alkanes of at least 4 members (excludes halogenated alkanes) is 1. The third-order valence-corrected chi connectivity index (χ3v) is 0.759. The van der Waals surface area contributed by atoms with E-state index in [1.807, 2.05) is 6.08 Å². The number of rotatable bonds is 2. The molecule has 0 fully saturated rings. The van der Waals surface area contributed by atoms with E-state index in [2.05, 4.69) is 51.1 Å². The maximum absolute atomic E-state index is 7.50. The molecule has 15 heavy (non-hydrogen) atoms. The van der Waals surface area contributed by atoms with E-state index in [9.17, 15) is 0 Å². The summed E-state index contributed by atoms with van der Waals surface area (Å²) in [6.07, 6.45) is 3.89. The molecule has 0 N–H and O–H groups in total. The zero-order chi connectivity index (χ0) is 11.7. The first kappa shape index (κ1) is 23.7. The van der Waals surface area contributed by atoms with Crippen molar-refractivity contribution in [3.05, 3.63) is 63.2 Å². The van der Waals surface area contributed by atoms with Crippen molar-refractivity contribution in [1.29, 1.82) is 0 Å². The van der Waals surface area contributed by atoms with Gasteiger partial charge in [-0.25, -0.2) is 0 Å². The fourth-order valence-electron chi connectivity index (χ4n) is 0.325. The smallest absolute Gasteiger partial charge is 0.999 e. The first-order chi connectivity index (χ1) is 6.91. The molecule has 1 aromatic rings. The molecule has 3 heteroatoms. The second-order valence-corrected chi connectivity index (χ2v) is 1.61. The van der Waals surface area contributed by atoms with Crippen molar-refractivity contribution >= 4 is 0 Å². The molecule has 0 aliphatic rings. The molecule has 78 valence electrons. The average molecular weight is 242 g/mol. The zero-order valence-electron chi connectivity index (χ0n) is 8.15. The SMILES string of the molecule is C=CCC[CH2-].[C-]#[O+].[C-]#[O+].[Fe+6].[c-]1[c-][c-][cH-][c-]1. The van der Waals surface area contributed by atoms with Crippen LogP contribution in [0.3, 0.4) is 0 Å². The molecule has 1 aromatic carbocycles. The van der Waals surface area contributed by atoms with Crippen LogP contribution in [0, 0.1) is 44.5 Å². The van der Waals surface area contributed by atoms with Crippen LogP contribution < -0.4 is 0 Å². The van der Waals surface area contributed by atoms with Crippen LogP contribution in [0.25, 0.3) is 0 Å². The van der Waals surface area contributed by atoms with Gasteiger partial charge >= 0.3 is 39.7 Å². The van der Waals surface area contributed by atoms with Crippen LogP contribution in [0.5, 0.6) is 0 Å². The van der Waals surface area contributed by atoms with Gasteiger partial charge in [-0.1, -0.05) is 12.5 Å². The van der Waals surface area contributed by atoms with Crippen molar-refractivity contribution in [2.45, 2.75) is 12.8 Å². The van der Waals surface area contributed by atoms with Gasteiger partial charge in [0.2, 0.25) is 0 Å². The summed E-state index contributed by atoms with van der Waals surface area (Å²) in [5.74, 6) is 0. The van der Waals surface area contributed by atoms with Crippen molar-refractivity contribution in [2.24, 2.45) is 0 Å². The Morgan fingerprint density at radius 1 is 1.20 bits per heavy atom. The van der Waals surface area contributed by atoms with Crippen molar-refractivity contribution in [3.63, 3.8) is 0 Å². The molecule has 0 aliphatic carbocycles. The predicted octanol–water partition coefficient (Wildman–Crippen LogP) is 2.32. The Kier molecular flexibility index (Phi) is 60.2. The van der Waals surface area contributed by atoms with Crippen LogP contribution >= 0.6 is 0 Å². The summed E-state index contributed by atoms with van der Waals surface area (Å²) in [5.41, 5.74) is 0. The number of hydrogen-bond donors (Lipinski definition) is 0.